The molecule has 28 heavy (non-hydrogen) atoms. The number of methoxy groups -OCH3 is 1. The lowest BCUT2D eigenvalue weighted by atomic mass is 10.1. The number of carbonyl (C=O) groups excluding carboxylic acids is 1. The Morgan fingerprint density at radius 1 is 1.32 bits per heavy atom. The van der Waals surface area contributed by atoms with Crippen LogP contribution in [0.15, 0.2) is 37.2 Å². The van der Waals surface area contributed by atoms with E-state index in [-0.39, 0.29) is 29.1 Å². The summed E-state index contributed by atoms with van der Waals surface area (Å²) in [6.45, 7) is 4.61. The quantitative estimate of drug-likeness (QED) is 0.489. The van der Waals surface area contributed by atoms with Gasteiger partial charge in [-0.1, -0.05) is 12.7 Å². The highest BCUT2D eigenvalue weighted by Crippen LogP contribution is 2.36. The number of hydrogen-bond acceptors (Lipinski definition) is 6. The van der Waals surface area contributed by atoms with Crippen molar-refractivity contribution in [1.29, 1.82) is 0 Å². The first-order valence-electron chi connectivity index (χ1n) is 8.02. The molecule has 0 bridgehead atoms. The molecule has 0 spiro atoms. The number of rotatable bonds is 5. The highest BCUT2D eigenvalue weighted by Gasteiger charge is 2.38. The second kappa shape index (κ2) is 7.29. The fraction of sp³-hybridized carbons (Fsp3) is 0.222. The van der Waals surface area contributed by atoms with Crippen molar-refractivity contribution in [1.82, 2.24) is 19.6 Å². The summed E-state index contributed by atoms with van der Waals surface area (Å²) in [5, 5.41) is 3.71. The van der Waals surface area contributed by atoms with Crippen molar-refractivity contribution in [2.45, 2.75) is 13.1 Å². The van der Waals surface area contributed by atoms with Crippen molar-refractivity contribution in [3.05, 3.63) is 54.0 Å². The second-order valence-corrected chi connectivity index (χ2v) is 5.70. The van der Waals surface area contributed by atoms with E-state index in [1.807, 2.05) is 0 Å². The lowest BCUT2D eigenvalue weighted by Gasteiger charge is -2.15. The van der Waals surface area contributed by atoms with E-state index >= 15 is 0 Å². The minimum atomic E-state index is -4.73. The van der Waals surface area contributed by atoms with Gasteiger partial charge in [0.2, 0.25) is 5.88 Å². The molecule has 0 aromatic carbocycles. The lowest BCUT2D eigenvalue weighted by molar-refractivity contribution is -0.143. The maximum atomic E-state index is 13.8. The first-order valence-corrected chi connectivity index (χ1v) is 8.02. The number of carbonyl (C=O) groups is 1. The molecule has 0 aliphatic heterocycles. The van der Waals surface area contributed by atoms with Gasteiger partial charge >= 0.3 is 12.1 Å². The van der Waals surface area contributed by atoms with Crippen molar-refractivity contribution in [2.24, 2.45) is 0 Å². The van der Waals surface area contributed by atoms with E-state index < -0.39 is 17.8 Å². The SMILES string of the molecule is C=CCOC(=O)c1cnn2c(C(F)(F)F)c(C)c(-c3ccc(OC)nc3)nc12. The fourth-order valence-corrected chi connectivity index (χ4v) is 2.69. The van der Waals surface area contributed by atoms with Crippen LogP contribution in [-0.2, 0) is 10.9 Å². The van der Waals surface area contributed by atoms with E-state index in [2.05, 4.69) is 21.6 Å². The molecule has 0 atom stereocenters. The maximum Gasteiger partial charge on any atom is 0.433 e. The zero-order valence-corrected chi connectivity index (χ0v) is 14.9. The molecule has 0 amide bonds. The molecule has 3 aromatic rings. The first-order chi connectivity index (χ1) is 13.3. The minimum Gasteiger partial charge on any atom is -0.481 e. The highest BCUT2D eigenvalue weighted by atomic mass is 19.4. The Kier molecular flexibility index (Phi) is 5.04. The van der Waals surface area contributed by atoms with Crippen LogP contribution in [0.1, 0.15) is 21.6 Å². The molecular weight excluding hydrogens is 377 g/mol. The van der Waals surface area contributed by atoms with Crippen molar-refractivity contribution < 1.29 is 27.4 Å². The van der Waals surface area contributed by atoms with Gasteiger partial charge in [0.25, 0.3) is 0 Å². The number of pyridine rings is 1. The summed E-state index contributed by atoms with van der Waals surface area (Å²) in [7, 11) is 1.42. The van der Waals surface area contributed by atoms with Crippen LogP contribution in [0.4, 0.5) is 13.2 Å². The van der Waals surface area contributed by atoms with E-state index in [1.54, 1.807) is 0 Å². The zero-order valence-electron chi connectivity index (χ0n) is 14.9. The van der Waals surface area contributed by atoms with Crippen molar-refractivity contribution in [2.75, 3.05) is 13.7 Å². The van der Waals surface area contributed by atoms with Gasteiger partial charge in [-0.05, 0) is 13.0 Å². The summed E-state index contributed by atoms with van der Waals surface area (Å²) < 4.78 is 51.7. The molecule has 0 unspecified atom stereocenters. The predicted molar refractivity (Wildman–Crippen MR) is 93.0 cm³/mol. The van der Waals surface area contributed by atoms with E-state index in [0.717, 1.165) is 6.20 Å². The largest absolute Gasteiger partial charge is 0.481 e. The molecule has 3 heterocycles. The molecule has 10 heteroatoms. The Morgan fingerprint density at radius 2 is 2.07 bits per heavy atom. The van der Waals surface area contributed by atoms with Crippen LogP contribution in [0, 0.1) is 6.92 Å². The molecule has 0 aliphatic rings. The zero-order chi connectivity index (χ0) is 20.5. The summed E-state index contributed by atoms with van der Waals surface area (Å²) >= 11 is 0. The third-order valence-electron chi connectivity index (χ3n) is 3.92. The number of halogens is 3. The highest BCUT2D eigenvalue weighted by molar-refractivity contribution is 5.96. The van der Waals surface area contributed by atoms with Gasteiger partial charge in [0.1, 0.15) is 12.2 Å². The molecule has 0 aliphatic carbocycles. The van der Waals surface area contributed by atoms with Crippen molar-refractivity contribution in [3.8, 4) is 17.1 Å². The van der Waals surface area contributed by atoms with E-state index in [9.17, 15) is 18.0 Å². The summed E-state index contributed by atoms with van der Waals surface area (Å²) in [6, 6.07) is 3.04. The average molecular weight is 392 g/mol. The number of hydrogen-bond donors (Lipinski definition) is 0. The fourth-order valence-electron chi connectivity index (χ4n) is 2.69. The van der Waals surface area contributed by atoms with Gasteiger partial charge in [0.15, 0.2) is 11.3 Å². The molecule has 0 saturated carbocycles. The van der Waals surface area contributed by atoms with Gasteiger partial charge in [-0.15, -0.1) is 0 Å². The first kappa shape index (κ1) is 19.3. The number of fused-ring (bicyclic) bond motifs is 1. The standard InChI is InChI=1S/C18H15F3N4O3/c1-4-7-28-17(26)12-9-23-25-15(18(19,20)21)10(2)14(24-16(12)25)11-5-6-13(27-3)22-8-11/h4-6,8-9H,1,7H2,2-3H3. The molecular formula is C18H15F3N4O3. The van der Waals surface area contributed by atoms with Crippen LogP contribution in [-0.4, -0.2) is 39.3 Å². The van der Waals surface area contributed by atoms with Crippen LogP contribution in [0.25, 0.3) is 16.9 Å². The molecule has 0 radical (unpaired) electrons. The Balaban J connectivity index is 2.27. The average Bonchev–Trinajstić information content (AvgIpc) is 3.07. The van der Waals surface area contributed by atoms with Gasteiger partial charge in [-0.25, -0.2) is 19.3 Å². The Bertz CT molecular complexity index is 1040. The predicted octanol–water partition coefficient (Wildman–Crippen LogP) is 3.47. The third kappa shape index (κ3) is 3.40. The normalized spacial score (nSPS) is 11.5. The van der Waals surface area contributed by atoms with Crippen molar-refractivity contribution in [3.63, 3.8) is 0 Å². The Morgan fingerprint density at radius 3 is 2.64 bits per heavy atom. The van der Waals surface area contributed by atoms with Gasteiger partial charge < -0.3 is 9.47 Å². The molecule has 146 valence electrons. The molecule has 0 N–H and O–H groups in total. The summed E-state index contributed by atoms with van der Waals surface area (Å²) in [4.78, 5) is 20.4. The second-order valence-electron chi connectivity index (χ2n) is 5.70. The number of alkyl halides is 3. The molecule has 7 nitrogen and oxygen atoms in total. The number of esters is 1. The molecule has 0 saturated heterocycles. The van der Waals surface area contributed by atoms with Crippen LogP contribution >= 0.6 is 0 Å². The Hall–Kier alpha value is -3.43. The topological polar surface area (TPSA) is 78.6 Å². The van der Waals surface area contributed by atoms with Crippen LogP contribution in [0.3, 0.4) is 0 Å². The summed E-state index contributed by atoms with van der Waals surface area (Å²) in [5.41, 5.74) is -1.29. The summed E-state index contributed by atoms with van der Waals surface area (Å²) in [6.07, 6.45) is -1.04. The van der Waals surface area contributed by atoms with Crippen LogP contribution < -0.4 is 4.74 Å². The van der Waals surface area contributed by atoms with Gasteiger partial charge in [-0.3, -0.25) is 0 Å². The van der Waals surface area contributed by atoms with Crippen LogP contribution in [0.2, 0.25) is 0 Å². The molecule has 0 fully saturated rings. The summed E-state index contributed by atoms with van der Waals surface area (Å²) in [5.74, 6) is -0.547. The minimum absolute atomic E-state index is 0.0215. The van der Waals surface area contributed by atoms with Gasteiger partial charge in [-0.2, -0.15) is 18.3 Å². The maximum absolute atomic E-state index is 13.8. The van der Waals surface area contributed by atoms with E-state index in [4.69, 9.17) is 9.47 Å². The van der Waals surface area contributed by atoms with Crippen LogP contribution in [0.5, 0.6) is 5.88 Å². The lowest BCUT2D eigenvalue weighted by Crippen LogP contribution is -2.17. The van der Waals surface area contributed by atoms with E-state index in [1.165, 1.54) is 38.4 Å². The number of aromatic nitrogens is 4. The smallest absolute Gasteiger partial charge is 0.433 e. The Labute approximate surface area is 157 Å². The molecule has 3 rings (SSSR count). The van der Waals surface area contributed by atoms with Crippen molar-refractivity contribution >= 4 is 11.6 Å². The monoisotopic (exact) mass is 392 g/mol. The number of nitrogens with zero attached hydrogens (tertiary/aromatic N) is 4. The third-order valence-corrected chi connectivity index (χ3v) is 3.92. The van der Waals surface area contributed by atoms with E-state index in [0.29, 0.717) is 16.0 Å². The van der Waals surface area contributed by atoms with Gasteiger partial charge in [0, 0.05) is 23.4 Å². The van der Waals surface area contributed by atoms with Gasteiger partial charge in [0.05, 0.1) is 19.0 Å². The number of ether oxygens (including phenoxy) is 2. The molecule has 3 aromatic heterocycles.